The lowest BCUT2D eigenvalue weighted by molar-refractivity contribution is 0.288. The van der Waals surface area contributed by atoms with Gasteiger partial charge in [0.25, 0.3) is 0 Å². The Kier molecular flexibility index (Phi) is 4.51. The molecule has 0 aromatic carbocycles. The van der Waals surface area contributed by atoms with Crippen molar-refractivity contribution in [2.45, 2.75) is 32.2 Å². The molecule has 0 fully saturated rings. The highest BCUT2D eigenvalue weighted by Crippen LogP contribution is 2.18. The Labute approximate surface area is 103 Å². The molecule has 1 aromatic rings. The van der Waals surface area contributed by atoms with Crippen molar-refractivity contribution in [1.29, 1.82) is 0 Å². The van der Waals surface area contributed by atoms with E-state index in [0.717, 1.165) is 12.7 Å². The molecular formula is C12H19NO3S. The van der Waals surface area contributed by atoms with Crippen LogP contribution in [-0.4, -0.2) is 26.3 Å². The Balaban J connectivity index is 2.76. The van der Waals surface area contributed by atoms with Crippen LogP contribution in [-0.2, 0) is 9.84 Å². The van der Waals surface area contributed by atoms with Crippen LogP contribution in [0.4, 0.5) is 0 Å². The van der Waals surface area contributed by atoms with E-state index in [9.17, 15) is 8.42 Å². The van der Waals surface area contributed by atoms with Gasteiger partial charge in [-0.3, -0.25) is 0 Å². The molecule has 0 saturated heterocycles. The molecule has 0 aliphatic rings. The molecule has 1 heterocycles. The molecule has 0 spiro atoms. The smallest absolute Gasteiger partial charge is 0.193 e. The zero-order chi connectivity index (χ0) is 13.1. The van der Waals surface area contributed by atoms with Crippen molar-refractivity contribution in [3.8, 4) is 5.75 Å². The van der Waals surface area contributed by atoms with E-state index in [0.29, 0.717) is 23.8 Å². The minimum Gasteiger partial charge on any atom is -0.492 e. The number of aryl methyl sites for hydroxylation is 1. The number of hydrogen-bond acceptors (Lipinski definition) is 4. The monoisotopic (exact) mass is 257 g/mol. The van der Waals surface area contributed by atoms with Gasteiger partial charge < -0.3 is 4.74 Å². The molecule has 0 N–H and O–H groups in total. The number of pyridine rings is 1. The summed E-state index contributed by atoms with van der Waals surface area (Å²) in [6.07, 6.45) is 3.58. The molecule has 0 unspecified atom stereocenters. The molecule has 5 heteroatoms. The van der Waals surface area contributed by atoms with E-state index in [4.69, 9.17) is 4.74 Å². The van der Waals surface area contributed by atoms with Gasteiger partial charge in [0.15, 0.2) is 14.9 Å². The molecule has 0 radical (unpaired) electrons. The number of hydrogen-bond donors (Lipinski definition) is 0. The fraction of sp³-hybridized carbons (Fsp3) is 0.583. The maximum absolute atomic E-state index is 11.4. The molecular weight excluding hydrogens is 238 g/mol. The van der Waals surface area contributed by atoms with Crippen LogP contribution < -0.4 is 4.74 Å². The van der Waals surface area contributed by atoms with Crippen LogP contribution in [0.5, 0.6) is 5.75 Å². The molecule has 4 nitrogen and oxygen atoms in total. The quantitative estimate of drug-likeness (QED) is 0.811. The summed E-state index contributed by atoms with van der Waals surface area (Å²) in [4.78, 5) is 3.93. The van der Waals surface area contributed by atoms with Gasteiger partial charge in [0.1, 0.15) is 5.75 Å². The molecule has 96 valence electrons. The summed E-state index contributed by atoms with van der Waals surface area (Å²) >= 11 is 0. The summed E-state index contributed by atoms with van der Waals surface area (Å²) in [5, 5.41) is 0.119. The topological polar surface area (TPSA) is 56.3 Å². The molecule has 0 bridgehead atoms. The first kappa shape index (κ1) is 14.0. The second-order valence-electron chi connectivity index (χ2n) is 4.60. The van der Waals surface area contributed by atoms with Gasteiger partial charge in [0.2, 0.25) is 0 Å². The van der Waals surface area contributed by atoms with Crippen molar-refractivity contribution in [1.82, 2.24) is 4.98 Å². The molecule has 17 heavy (non-hydrogen) atoms. The van der Waals surface area contributed by atoms with Crippen molar-refractivity contribution in [3.05, 3.63) is 17.8 Å². The molecule has 0 aliphatic heterocycles. The third kappa shape index (κ3) is 4.34. The maximum Gasteiger partial charge on any atom is 0.193 e. The predicted molar refractivity (Wildman–Crippen MR) is 67.0 cm³/mol. The summed E-state index contributed by atoms with van der Waals surface area (Å²) in [5.41, 5.74) is 0.620. The molecule has 1 aromatic heterocycles. The van der Waals surface area contributed by atoms with Crippen molar-refractivity contribution in [3.63, 3.8) is 0 Å². The molecule has 0 amide bonds. The highest BCUT2D eigenvalue weighted by molar-refractivity contribution is 7.90. The van der Waals surface area contributed by atoms with Gasteiger partial charge in [-0.15, -0.1) is 0 Å². The summed E-state index contributed by atoms with van der Waals surface area (Å²) in [5.74, 6) is 1.20. The van der Waals surface area contributed by atoms with E-state index >= 15 is 0 Å². The van der Waals surface area contributed by atoms with Crippen LogP contribution in [0.15, 0.2) is 17.3 Å². The van der Waals surface area contributed by atoms with Crippen molar-refractivity contribution >= 4 is 9.84 Å². The Morgan fingerprint density at radius 1 is 1.41 bits per heavy atom. The van der Waals surface area contributed by atoms with E-state index in [-0.39, 0.29) is 5.03 Å². The Bertz CT molecular complexity index is 481. The lowest BCUT2D eigenvalue weighted by Crippen LogP contribution is -2.05. The van der Waals surface area contributed by atoms with Gasteiger partial charge in [0, 0.05) is 6.26 Å². The Morgan fingerprint density at radius 2 is 2.06 bits per heavy atom. The standard InChI is InChI=1S/C12H19NO3S/c1-9(2)5-6-16-11-7-10(3)12(13-8-11)17(4,14)15/h7-9H,5-6H2,1-4H3. The highest BCUT2D eigenvalue weighted by Gasteiger charge is 2.13. The average Bonchev–Trinajstić information content (AvgIpc) is 2.14. The minimum absolute atomic E-state index is 0.119. The first-order valence-electron chi connectivity index (χ1n) is 5.60. The van der Waals surface area contributed by atoms with Crippen LogP contribution in [0.2, 0.25) is 0 Å². The summed E-state index contributed by atoms with van der Waals surface area (Å²) in [7, 11) is -3.25. The lowest BCUT2D eigenvalue weighted by Gasteiger charge is -2.09. The SMILES string of the molecule is Cc1cc(OCCC(C)C)cnc1S(C)(=O)=O. The van der Waals surface area contributed by atoms with Crippen LogP contribution in [0.25, 0.3) is 0 Å². The Morgan fingerprint density at radius 3 is 2.53 bits per heavy atom. The molecule has 0 atom stereocenters. The normalized spacial score (nSPS) is 11.8. The van der Waals surface area contributed by atoms with Gasteiger partial charge >= 0.3 is 0 Å². The number of ether oxygens (including phenoxy) is 1. The summed E-state index contributed by atoms with van der Waals surface area (Å²) < 4.78 is 28.2. The van der Waals surface area contributed by atoms with Gasteiger partial charge in [-0.05, 0) is 30.9 Å². The van der Waals surface area contributed by atoms with Gasteiger partial charge in [-0.1, -0.05) is 13.8 Å². The van der Waals surface area contributed by atoms with E-state index < -0.39 is 9.84 Å². The zero-order valence-electron chi connectivity index (χ0n) is 10.7. The molecule has 0 aliphatic carbocycles. The first-order chi connectivity index (χ1) is 7.80. The highest BCUT2D eigenvalue weighted by atomic mass is 32.2. The fourth-order valence-electron chi connectivity index (χ4n) is 1.42. The van der Waals surface area contributed by atoms with Gasteiger partial charge in [-0.25, -0.2) is 13.4 Å². The van der Waals surface area contributed by atoms with Crippen LogP contribution in [0.3, 0.4) is 0 Å². The van der Waals surface area contributed by atoms with E-state index in [2.05, 4.69) is 18.8 Å². The van der Waals surface area contributed by atoms with E-state index in [1.807, 2.05) is 0 Å². The minimum atomic E-state index is -3.25. The zero-order valence-corrected chi connectivity index (χ0v) is 11.5. The van der Waals surface area contributed by atoms with Crippen LogP contribution >= 0.6 is 0 Å². The molecule has 1 rings (SSSR count). The van der Waals surface area contributed by atoms with E-state index in [1.54, 1.807) is 13.0 Å². The first-order valence-corrected chi connectivity index (χ1v) is 7.49. The number of sulfone groups is 1. The van der Waals surface area contributed by atoms with E-state index in [1.165, 1.54) is 6.20 Å². The Hall–Kier alpha value is -1.10. The fourth-order valence-corrected chi connectivity index (χ4v) is 2.30. The second kappa shape index (κ2) is 5.49. The number of aromatic nitrogens is 1. The lowest BCUT2D eigenvalue weighted by atomic mass is 10.1. The van der Waals surface area contributed by atoms with Crippen LogP contribution in [0, 0.1) is 12.8 Å². The third-order valence-electron chi connectivity index (χ3n) is 2.32. The number of nitrogens with zero attached hydrogens (tertiary/aromatic N) is 1. The maximum atomic E-state index is 11.4. The number of rotatable bonds is 5. The van der Waals surface area contributed by atoms with Crippen molar-refractivity contribution in [2.75, 3.05) is 12.9 Å². The molecule has 0 saturated carbocycles. The average molecular weight is 257 g/mol. The second-order valence-corrected chi connectivity index (χ2v) is 6.53. The third-order valence-corrected chi connectivity index (χ3v) is 3.45. The van der Waals surface area contributed by atoms with Gasteiger partial charge in [0.05, 0.1) is 12.8 Å². The summed E-state index contributed by atoms with van der Waals surface area (Å²) in [6, 6.07) is 1.71. The summed E-state index contributed by atoms with van der Waals surface area (Å²) in [6.45, 7) is 6.59. The largest absolute Gasteiger partial charge is 0.492 e. The predicted octanol–water partition coefficient (Wildman–Crippen LogP) is 2.22. The van der Waals surface area contributed by atoms with Crippen LogP contribution in [0.1, 0.15) is 25.8 Å². The van der Waals surface area contributed by atoms with Crippen molar-refractivity contribution in [2.24, 2.45) is 5.92 Å². The van der Waals surface area contributed by atoms with Gasteiger partial charge in [-0.2, -0.15) is 0 Å². The van der Waals surface area contributed by atoms with Crippen molar-refractivity contribution < 1.29 is 13.2 Å².